The third-order valence-electron chi connectivity index (χ3n) is 7.72. The summed E-state index contributed by atoms with van der Waals surface area (Å²) in [6, 6.07) is 8.80. The maximum atomic E-state index is 14.9. The SMILES string of the molecule is N#CC1=C(N)Oc2n[nH]c(C34CC5CC(CC(C5)C3)C4)c2[C@@H]1c1ccccc1F. The fourth-order valence-corrected chi connectivity index (χ4v) is 7.09. The van der Waals surface area contributed by atoms with Gasteiger partial charge >= 0.3 is 0 Å². The molecule has 2 heterocycles. The second-order valence-corrected chi connectivity index (χ2v) is 9.46. The van der Waals surface area contributed by atoms with Crippen LogP contribution in [0.3, 0.4) is 0 Å². The number of benzene rings is 1. The van der Waals surface area contributed by atoms with Gasteiger partial charge < -0.3 is 10.5 Å². The van der Waals surface area contributed by atoms with Gasteiger partial charge in [-0.2, -0.15) is 5.26 Å². The van der Waals surface area contributed by atoms with E-state index in [9.17, 15) is 9.65 Å². The first-order valence-corrected chi connectivity index (χ1v) is 10.5. The molecule has 29 heavy (non-hydrogen) atoms. The molecule has 4 saturated carbocycles. The number of hydrogen-bond donors (Lipinski definition) is 2. The Morgan fingerprint density at radius 2 is 1.79 bits per heavy atom. The molecule has 148 valence electrons. The molecule has 3 N–H and O–H groups in total. The van der Waals surface area contributed by atoms with Gasteiger partial charge in [-0.3, -0.25) is 5.10 Å². The van der Waals surface area contributed by atoms with E-state index in [0.717, 1.165) is 48.3 Å². The molecule has 0 spiro atoms. The Morgan fingerprint density at radius 1 is 1.14 bits per heavy atom. The second kappa shape index (κ2) is 5.85. The molecule has 7 rings (SSSR count). The van der Waals surface area contributed by atoms with Crippen molar-refractivity contribution in [3.8, 4) is 11.9 Å². The Bertz CT molecular complexity index is 1040. The van der Waals surface area contributed by atoms with E-state index in [2.05, 4.69) is 16.3 Å². The highest BCUT2D eigenvalue weighted by atomic mass is 19.1. The van der Waals surface area contributed by atoms with Gasteiger partial charge in [-0.05, 0) is 62.3 Å². The highest BCUT2D eigenvalue weighted by Gasteiger charge is 2.54. The number of aromatic nitrogens is 2. The van der Waals surface area contributed by atoms with E-state index >= 15 is 0 Å². The Hall–Kier alpha value is -2.81. The number of halogens is 1. The lowest BCUT2D eigenvalue weighted by atomic mass is 9.48. The Morgan fingerprint density at radius 3 is 2.41 bits per heavy atom. The van der Waals surface area contributed by atoms with Gasteiger partial charge in [0.05, 0.1) is 11.5 Å². The van der Waals surface area contributed by atoms with E-state index in [1.807, 2.05) is 0 Å². The number of nitrogens with zero attached hydrogens (tertiary/aromatic N) is 2. The molecule has 1 aromatic heterocycles. The van der Waals surface area contributed by atoms with Gasteiger partial charge in [-0.1, -0.05) is 18.2 Å². The predicted molar refractivity (Wildman–Crippen MR) is 104 cm³/mol. The molecule has 1 aromatic carbocycles. The molecule has 1 atom stereocenters. The first kappa shape index (κ1) is 17.1. The van der Waals surface area contributed by atoms with Crippen LogP contribution in [-0.4, -0.2) is 10.2 Å². The van der Waals surface area contributed by atoms with Crippen molar-refractivity contribution in [2.24, 2.45) is 23.5 Å². The lowest BCUT2D eigenvalue weighted by Gasteiger charge is -2.56. The molecule has 6 heteroatoms. The summed E-state index contributed by atoms with van der Waals surface area (Å²) in [5, 5.41) is 17.6. The summed E-state index contributed by atoms with van der Waals surface area (Å²) >= 11 is 0. The fraction of sp³-hybridized carbons (Fsp3) is 0.478. The quantitative estimate of drug-likeness (QED) is 0.803. The molecule has 4 bridgehead atoms. The molecule has 1 aliphatic heterocycles. The summed E-state index contributed by atoms with van der Waals surface area (Å²) in [4.78, 5) is 0. The van der Waals surface area contributed by atoms with Crippen LogP contribution in [0, 0.1) is 34.9 Å². The summed E-state index contributed by atoms with van der Waals surface area (Å²) in [6.45, 7) is 0. The van der Waals surface area contributed by atoms with Gasteiger partial charge in [-0.25, -0.2) is 4.39 Å². The van der Waals surface area contributed by atoms with Crippen molar-refractivity contribution in [1.29, 1.82) is 5.26 Å². The van der Waals surface area contributed by atoms with Gasteiger partial charge in [0.15, 0.2) is 0 Å². The predicted octanol–water partition coefficient (Wildman–Crippen LogP) is 4.23. The number of rotatable bonds is 2. The van der Waals surface area contributed by atoms with E-state index in [1.165, 1.54) is 25.3 Å². The zero-order valence-electron chi connectivity index (χ0n) is 16.1. The molecule has 0 amide bonds. The van der Waals surface area contributed by atoms with E-state index in [-0.39, 0.29) is 22.7 Å². The van der Waals surface area contributed by atoms with Gasteiger partial charge in [0.1, 0.15) is 17.5 Å². The number of aromatic amines is 1. The van der Waals surface area contributed by atoms with Crippen LogP contribution in [0.5, 0.6) is 5.88 Å². The van der Waals surface area contributed by atoms with Gasteiger partial charge in [0, 0.05) is 16.7 Å². The topological polar surface area (TPSA) is 87.7 Å². The zero-order valence-corrected chi connectivity index (χ0v) is 16.1. The van der Waals surface area contributed by atoms with Crippen molar-refractivity contribution < 1.29 is 9.13 Å². The van der Waals surface area contributed by atoms with Crippen molar-refractivity contribution in [3.05, 3.63) is 58.4 Å². The van der Waals surface area contributed by atoms with Crippen molar-refractivity contribution in [3.63, 3.8) is 0 Å². The Labute approximate surface area is 168 Å². The molecule has 4 aliphatic carbocycles. The number of H-pyrrole nitrogens is 1. The maximum absolute atomic E-state index is 14.9. The lowest BCUT2D eigenvalue weighted by molar-refractivity contribution is -0.00768. The Balaban J connectivity index is 1.55. The molecule has 0 unspecified atom stereocenters. The maximum Gasteiger partial charge on any atom is 0.244 e. The minimum atomic E-state index is -0.591. The highest BCUT2D eigenvalue weighted by molar-refractivity contribution is 5.57. The van der Waals surface area contributed by atoms with Crippen molar-refractivity contribution in [2.45, 2.75) is 49.9 Å². The highest BCUT2D eigenvalue weighted by Crippen LogP contribution is 2.62. The van der Waals surface area contributed by atoms with Crippen LogP contribution in [0.4, 0.5) is 4.39 Å². The first-order valence-electron chi connectivity index (χ1n) is 10.5. The second-order valence-electron chi connectivity index (χ2n) is 9.46. The molecule has 0 saturated heterocycles. The number of nitrogens with two attached hydrogens (primary N) is 1. The molecule has 5 nitrogen and oxygen atoms in total. The van der Waals surface area contributed by atoms with Crippen molar-refractivity contribution in [1.82, 2.24) is 10.2 Å². The van der Waals surface area contributed by atoms with Gasteiger partial charge in [0.2, 0.25) is 11.8 Å². The zero-order chi connectivity index (χ0) is 19.8. The van der Waals surface area contributed by atoms with Crippen LogP contribution in [0.2, 0.25) is 0 Å². The number of nitrogens with one attached hydrogen (secondary N) is 1. The number of hydrogen-bond acceptors (Lipinski definition) is 4. The molecule has 5 aliphatic rings. The number of allylic oxidation sites excluding steroid dienone is 1. The van der Waals surface area contributed by atoms with Gasteiger partial charge in [-0.15, -0.1) is 5.10 Å². The average Bonchev–Trinajstić information content (AvgIpc) is 3.10. The standard InChI is InChI=1S/C23H23FN4O/c24-17-4-2-1-3-15(17)18-16(11-25)21(26)29-22-19(18)20(27-28-22)23-8-12-5-13(9-23)7-14(6-12)10-23/h1-4,12-14,18H,5-10,26H2,(H,27,28)/t12?,13?,14?,18-,23?/m1/s1. The summed E-state index contributed by atoms with van der Waals surface area (Å²) in [7, 11) is 0. The van der Waals surface area contributed by atoms with Crippen LogP contribution >= 0.6 is 0 Å². The minimum Gasteiger partial charge on any atom is -0.420 e. The van der Waals surface area contributed by atoms with Crippen molar-refractivity contribution in [2.75, 3.05) is 0 Å². The lowest BCUT2D eigenvalue weighted by Crippen LogP contribution is -2.49. The third kappa shape index (κ3) is 2.33. The van der Waals surface area contributed by atoms with E-state index < -0.39 is 5.92 Å². The summed E-state index contributed by atoms with van der Waals surface area (Å²) in [5.41, 5.74) is 8.64. The molecular weight excluding hydrogens is 367 g/mol. The molecule has 4 fully saturated rings. The summed E-state index contributed by atoms with van der Waals surface area (Å²) in [6.07, 6.45) is 7.41. The van der Waals surface area contributed by atoms with E-state index in [0.29, 0.717) is 11.4 Å². The minimum absolute atomic E-state index is 0.0109. The van der Waals surface area contributed by atoms with E-state index in [1.54, 1.807) is 18.2 Å². The largest absolute Gasteiger partial charge is 0.420 e. The summed E-state index contributed by atoms with van der Waals surface area (Å²) < 4.78 is 20.6. The third-order valence-corrected chi connectivity index (χ3v) is 7.72. The van der Waals surface area contributed by atoms with Crippen LogP contribution < -0.4 is 10.5 Å². The van der Waals surface area contributed by atoms with Crippen LogP contribution in [0.1, 0.15) is 61.3 Å². The van der Waals surface area contributed by atoms with Crippen LogP contribution in [0.15, 0.2) is 35.7 Å². The monoisotopic (exact) mass is 390 g/mol. The summed E-state index contributed by atoms with van der Waals surface area (Å²) in [5.74, 6) is 1.74. The average molecular weight is 390 g/mol. The molecule has 0 radical (unpaired) electrons. The van der Waals surface area contributed by atoms with E-state index in [4.69, 9.17) is 10.5 Å². The fourth-order valence-electron chi connectivity index (χ4n) is 7.09. The molecule has 2 aromatic rings. The van der Waals surface area contributed by atoms with Crippen LogP contribution in [0.25, 0.3) is 0 Å². The number of nitriles is 1. The Kier molecular flexibility index (Phi) is 3.45. The van der Waals surface area contributed by atoms with Crippen molar-refractivity contribution >= 4 is 0 Å². The molecular formula is C23H23FN4O. The number of fused-ring (bicyclic) bond motifs is 1. The van der Waals surface area contributed by atoms with Gasteiger partial charge in [0.25, 0.3) is 0 Å². The number of ether oxygens (including phenoxy) is 1. The normalized spacial score (nSPS) is 34.6. The smallest absolute Gasteiger partial charge is 0.244 e. The van der Waals surface area contributed by atoms with Crippen LogP contribution in [-0.2, 0) is 5.41 Å². The first-order chi connectivity index (χ1) is 14.1.